The molecule has 1 N–H and O–H groups in total. The van der Waals surface area contributed by atoms with E-state index in [-0.39, 0.29) is 18.1 Å². The first-order chi connectivity index (χ1) is 8.60. The predicted molar refractivity (Wildman–Crippen MR) is 67.0 cm³/mol. The highest BCUT2D eigenvalue weighted by Gasteiger charge is 2.26. The van der Waals surface area contributed by atoms with E-state index in [1.54, 1.807) is 19.3 Å². The molecule has 0 atom stereocenters. The summed E-state index contributed by atoms with van der Waals surface area (Å²) < 4.78 is 11.1. The summed E-state index contributed by atoms with van der Waals surface area (Å²) in [5, 5.41) is 2.59. The van der Waals surface area contributed by atoms with Gasteiger partial charge in [0.05, 0.1) is 24.0 Å². The predicted octanol–water partition coefficient (Wildman–Crippen LogP) is 1.77. The largest absolute Gasteiger partial charge is 0.488 e. The van der Waals surface area contributed by atoms with Crippen LogP contribution in [0.4, 0.5) is 0 Å². The lowest BCUT2D eigenvalue weighted by molar-refractivity contribution is 0.0957. The van der Waals surface area contributed by atoms with Crippen molar-refractivity contribution in [3.05, 3.63) is 17.8 Å². The first-order valence-corrected chi connectivity index (χ1v) is 6.15. The van der Waals surface area contributed by atoms with Crippen LogP contribution in [0.1, 0.15) is 37.0 Å². The zero-order valence-electron chi connectivity index (χ0n) is 10.9. The average molecular weight is 250 g/mol. The number of aromatic nitrogens is 1. The van der Waals surface area contributed by atoms with Gasteiger partial charge in [0, 0.05) is 13.1 Å². The number of hydrogen-bond donors (Lipinski definition) is 1. The number of nitrogens with zero attached hydrogens (tertiary/aromatic N) is 1. The van der Waals surface area contributed by atoms with Gasteiger partial charge in [-0.25, -0.2) is 4.98 Å². The van der Waals surface area contributed by atoms with Crippen LogP contribution < -0.4 is 14.8 Å². The lowest BCUT2D eigenvalue weighted by Gasteiger charge is -2.13. The Bertz CT molecular complexity index is 442. The fourth-order valence-corrected chi connectivity index (χ4v) is 1.50. The summed E-state index contributed by atoms with van der Waals surface area (Å²) in [5.74, 6) is 0.765. The van der Waals surface area contributed by atoms with Gasteiger partial charge < -0.3 is 14.8 Å². The Morgan fingerprint density at radius 3 is 2.78 bits per heavy atom. The molecular weight excluding hydrogens is 232 g/mol. The molecule has 0 spiro atoms. The molecule has 1 aliphatic carbocycles. The van der Waals surface area contributed by atoms with Gasteiger partial charge in [0.25, 0.3) is 5.91 Å². The maximum absolute atomic E-state index is 11.8. The molecule has 5 heteroatoms. The van der Waals surface area contributed by atoms with Gasteiger partial charge in [0.15, 0.2) is 5.75 Å². The maximum atomic E-state index is 11.8. The van der Waals surface area contributed by atoms with Gasteiger partial charge in [-0.15, -0.1) is 0 Å². The third kappa shape index (κ3) is 3.12. The van der Waals surface area contributed by atoms with E-state index in [4.69, 9.17) is 9.47 Å². The minimum atomic E-state index is -0.193. The Labute approximate surface area is 107 Å². The Hall–Kier alpha value is -1.78. The standard InChI is InChI=1S/C13H18N2O3/c1-8(2)17-12-6-10(13(16)14-3)11(7-15-12)18-9-4-5-9/h6-9H,4-5H2,1-3H3,(H,14,16). The van der Waals surface area contributed by atoms with Crippen molar-refractivity contribution < 1.29 is 14.3 Å². The highest BCUT2D eigenvalue weighted by atomic mass is 16.5. The van der Waals surface area contributed by atoms with E-state index in [0.29, 0.717) is 17.2 Å². The summed E-state index contributed by atoms with van der Waals surface area (Å²) in [7, 11) is 1.59. The van der Waals surface area contributed by atoms with Crippen molar-refractivity contribution in [1.82, 2.24) is 10.3 Å². The summed E-state index contributed by atoms with van der Waals surface area (Å²) in [4.78, 5) is 15.9. The second kappa shape index (κ2) is 5.25. The second-order valence-corrected chi connectivity index (χ2v) is 4.58. The molecule has 1 aromatic rings. The molecule has 1 fully saturated rings. The molecule has 5 nitrogen and oxygen atoms in total. The van der Waals surface area contributed by atoms with Gasteiger partial charge in [-0.3, -0.25) is 4.79 Å². The van der Waals surface area contributed by atoms with E-state index >= 15 is 0 Å². The number of carbonyl (C=O) groups excluding carboxylic acids is 1. The van der Waals surface area contributed by atoms with Gasteiger partial charge in [0.2, 0.25) is 5.88 Å². The van der Waals surface area contributed by atoms with Crippen molar-refractivity contribution >= 4 is 5.91 Å². The zero-order chi connectivity index (χ0) is 13.1. The smallest absolute Gasteiger partial charge is 0.255 e. The molecular formula is C13H18N2O3. The van der Waals surface area contributed by atoms with E-state index in [9.17, 15) is 4.79 Å². The van der Waals surface area contributed by atoms with Gasteiger partial charge in [-0.1, -0.05) is 0 Å². The number of rotatable bonds is 5. The van der Waals surface area contributed by atoms with E-state index in [2.05, 4.69) is 10.3 Å². The third-order valence-electron chi connectivity index (χ3n) is 2.49. The fraction of sp³-hybridized carbons (Fsp3) is 0.538. The summed E-state index contributed by atoms with van der Waals surface area (Å²) in [5.41, 5.74) is 0.468. The summed E-state index contributed by atoms with van der Waals surface area (Å²) in [6.07, 6.45) is 3.88. The van der Waals surface area contributed by atoms with Gasteiger partial charge in [-0.2, -0.15) is 0 Å². The van der Waals surface area contributed by atoms with E-state index < -0.39 is 0 Å². The van der Waals surface area contributed by atoms with Crippen LogP contribution in [-0.4, -0.2) is 30.1 Å². The number of ether oxygens (including phenoxy) is 2. The summed E-state index contributed by atoms with van der Waals surface area (Å²) in [6, 6.07) is 1.62. The molecule has 1 heterocycles. The minimum Gasteiger partial charge on any atom is -0.488 e. The monoisotopic (exact) mass is 250 g/mol. The van der Waals surface area contributed by atoms with E-state index in [1.165, 1.54) is 0 Å². The van der Waals surface area contributed by atoms with Crippen LogP contribution in [-0.2, 0) is 0 Å². The normalized spacial score (nSPS) is 14.4. The molecule has 1 saturated carbocycles. The van der Waals surface area contributed by atoms with Crippen LogP contribution >= 0.6 is 0 Å². The van der Waals surface area contributed by atoms with Crippen LogP contribution in [0.2, 0.25) is 0 Å². The number of pyridine rings is 1. The summed E-state index contributed by atoms with van der Waals surface area (Å²) in [6.45, 7) is 3.83. The molecule has 0 radical (unpaired) electrons. The van der Waals surface area contributed by atoms with Gasteiger partial charge in [-0.05, 0) is 26.7 Å². The van der Waals surface area contributed by atoms with Crippen molar-refractivity contribution in [2.45, 2.75) is 38.9 Å². The van der Waals surface area contributed by atoms with Crippen LogP contribution in [0.15, 0.2) is 12.3 Å². The van der Waals surface area contributed by atoms with Crippen LogP contribution in [0.5, 0.6) is 11.6 Å². The molecule has 1 aromatic heterocycles. The number of hydrogen-bond acceptors (Lipinski definition) is 4. The van der Waals surface area contributed by atoms with Crippen LogP contribution in [0.3, 0.4) is 0 Å². The number of nitrogens with one attached hydrogen (secondary N) is 1. The zero-order valence-corrected chi connectivity index (χ0v) is 10.9. The fourth-order valence-electron chi connectivity index (χ4n) is 1.50. The third-order valence-corrected chi connectivity index (χ3v) is 2.49. The Balaban J connectivity index is 2.25. The van der Waals surface area contributed by atoms with Crippen molar-refractivity contribution in [2.75, 3.05) is 7.05 Å². The second-order valence-electron chi connectivity index (χ2n) is 4.58. The summed E-state index contributed by atoms with van der Waals surface area (Å²) >= 11 is 0. The quantitative estimate of drug-likeness (QED) is 0.865. The lowest BCUT2D eigenvalue weighted by atomic mass is 10.2. The molecule has 0 unspecified atom stereocenters. The highest BCUT2D eigenvalue weighted by Crippen LogP contribution is 2.30. The van der Waals surface area contributed by atoms with Crippen LogP contribution in [0, 0.1) is 0 Å². The molecule has 18 heavy (non-hydrogen) atoms. The molecule has 0 saturated heterocycles. The average Bonchev–Trinajstić information content (AvgIpc) is 3.13. The molecule has 1 amide bonds. The first-order valence-electron chi connectivity index (χ1n) is 6.15. The van der Waals surface area contributed by atoms with E-state index in [1.807, 2.05) is 13.8 Å². The Morgan fingerprint density at radius 1 is 1.50 bits per heavy atom. The molecule has 98 valence electrons. The number of amides is 1. The first kappa shape index (κ1) is 12.7. The topological polar surface area (TPSA) is 60.5 Å². The van der Waals surface area contributed by atoms with Crippen LogP contribution in [0.25, 0.3) is 0 Å². The highest BCUT2D eigenvalue weighted by molar-refractivity contribution is 5.96. The Kier molecular flexibility index (Phi) is 3.69. The van der Waals surface area contributed by atoms with Crippen molar-refractivity contribution in [3.8, 4) is 11.6 Å². The molecule has 0 aliphatic heterocycles. The number of carbonyl (C=O) groups is 1. The van der Waals surface area contributed by atoms with Crippen molar-refractivity contribution in [2.24, 2.45) is 0 Å². The van der Waals surface area contributed by atoms with Gasteiger partial charge in [0.1, 0.15) is 0 Å². The minimum absolute atomic E-state index is 0.0187. The molecule has 0 aromatic carbocycles. The van der Waals surface area contributed by atoms with Crippen molar-refractivity contribution in [3.63, 3.8) is 0 Å². The molecule has 0 bridgehead atoms. The molecule has 1 aliphatic rings. The molecule has 2 rings (SSSR count). The maximum Gasteiger partial charge on any atom is 0.255 e. The Morgan fingerprint density at radius 2 is 2.22 bits per heavy atom. The van der Waals surface area contributed by atoms with Gasteiger partial charge >= 0.3 is 0 Å². The van der Waals surface area contributed by atoms with E-state index in [0.717, 1.165) is 12.8 Å². The lowest BCUT2D eigenvalue weighted by Crippen LogP contribution is -2.20. The SMILES string of the molecule is CNC(=O)c1cc(OC(C)C)ncc1OC1CC1. The van der Waals surface area contributed by atoms with Crippen molar-refractivity contribution in [1.29, 1.82) is 0 Å².